The normalized spacial score (nSPS) is 30.6. The lowest BCUT2D eigenvalue weighted by molar-refractivity contribution is -0.146. The van der Waals surface area contributed by atoms with Crippen LogP contribution in [0.3, 0.4) is 0 Å². The van der Waals surface area contributed by atoms with Crippen LogP contribution in [-0.2, 0) is 11.2 Å². The zero-order chi connectivity index (χ0) is 23.8. The van der Waals surface area contributed by atoms with Crippen molar-refractivity contribution in [1.82, 2.24) is 9.88 Å². The second-order valence-corrected chi connectivity index (χ2v) is 11.1. The number of nitrogens with one attached hydrogen (secondary N) is 1. The molecule has 1 fully saturated rings. The van der Waals surface area contributed by atoms with Crippen LogP contribution in [0.5, 0.6) is 0 Å². The average molecular weight is 468 g/mol. The van der Waals surface area contributed by atoms with Gasteiger partial charge in [-0.1, -0.05) is 38.0 Å². The molecule has 4 rings (SSSR count). The van der Waals surface area contributed by atoms with Crippen molar-refractivity contribution in [1.29, 1.82) is 0 Å². The van der Waals surface area contributed by atoms with Crippen molar-refractivity contribution in [2.45, 2.75) is 51.6 Å². The summed E-state index contributed by atoms with van der Waals surface area (Å²) in [5.41, 5.74) is 1.03. The molecule has 2 aromatic rings. The first kappa shape index (κ1) is 23.7. The molecule has 2 aliphatic carbocycles. The van der Waals surface area contributed by atoms with Crippen LogP contribution in [0, 0.1) is 29.1 Å². The molecule has 1 aromatic heterocycles. The Morgan fingerprint density at radius 1 is 1.36 bits per heavy atom. The number of carbonyl (C=O) groups is 1. The number of fused-ring (bicyclic) bond motifs is 2. The molecule has 0 spiro atoms. The fraction of sp³-hybridized carbons (Fsp3) is 0.538. The van der Waals surface area contributed by atoms with Crippen molar-refractivity contribution in [3.63, 3.8) is 0 Å². The monoisotopic (exact) mass is 467 g/mol. The largest absolute Gasteiger partial charge is 0.396 e. The molecule has 0 aliphatic heterocycles. The van der Waals surface area contributed by atoms with Gasteiger partial charge in [0.1, 0.15) is 0 Å². The number of hydrogen-bond acceptors (Lipinski definition) is 6. The second-order valence-electron chi connectivity index (χ2n) is 10.0. The molecule has 1 amide bonds. The first-order valence-electron chi connectivity index (χ1n) is 11.5. The van der Waals surface area contributed by atoms with E-state index in [9.17, 15) is 15.0 Å². The van der Waals surface area contributed by atoms with Gasteiger partial charge in [-0.25, -0.2) is 4.98 Å². The van der Waals surface area contributed by atoms with Gasteiger partial charge in [0.15, 0.2) is 5.13 Å². The minimum absolute atomic E-state index is 0.00633. The maximum absolute atomic E-state index is 13.1. The summed E-state index contributed by atoms with van der Waals surface area (Å²) in [6, 6.07) is 9.91. The number of carbonyl (C=O) groups excluding carboxylic acids is 1. The number of aliphatic hydroxyl groups excluding tert-OH is 2. The molecular formula is C26H33N3O3S. The van der Waals surface area contributed by atoms with Crippen LogP contribution in [0.15, 0.2) is 30.3 Å². The van der Waals surface area contributed by atoms with Crippen molar-refractivity contribution < 1.29 is 15.0 Å². The summed E-state index contributed by atoms with van der Waals surface area (Å²) in [5, 5.41) is 25.4. The van der Waals surface area contributed by atoms with Gasteiger partial charge in [0.25, 0.3) is 0 Å². The smallest absolute Gasteiger partial charge is 0.223 e. The van der Waals surface area contributed by atoms with Crippen molar-refractivity contribution in [3.8, 4) is 12.3 Å². The summed E-state index contributed by atoms with van der Waals surface area (Å²) in [4.78, 5) is 20.8. The number of thiazole rings is 1. The zero-order valence-corrected chi connectivity index (χ0v) is 20.4. The zero-order valence-electron chi connectivity index (χ0n) is 19.5. The summed E-state index contributed by atoms with van der Waals surface area (Å²) >= 11 is 1.60. The number of aromatic nitrogens is 1. The van der Waals surface area contributed by atoms with Crippen LogP contribution in [0.25, 0.3) is 0 Å². The van der Waals surface area contributed by atoms with E-state index in [-0.39, 0.29) is 36.3 Å². The van der Waals surface area contributed by atoms with Crippen molar-refractivity contribution in [2.75, 3.05) is 25.5 Å². The fourth-order valence-electron chi connectivity index (χ4n) is 5.90. The highest BCUT2D eigenvalue weighted by Crippen LogP contribution is 2.63. The van der Waals surface area contributed by atoms with Gasteiger partial charge >= 0.3 is 0 Å². The Hall–Kier alpha value is -2.40. The van der Waals surface area contributed by atoms with Crippen LogP contribution >= 0.6 is 11.3 Å². The van der Waals surface area contributed by atoms with Crippen LogP contribution in [-0.4, -0.2) is 52.3 Å². The number of nitrogens with zero attached hydrogens (tertiary/aromatic N) is 2. The highest BCUT2D eigenvalue weighted by atomic mass is 32.1. The summed E-state index contributed by atoms with van der Waals surface area (Å²) < 4.78 is 0. The van der Waals surface area contributed by atoms with Gasteiger partial charge in [-0.2, -0.15) is 0 Å². The number of terminal acetylenes is 1. The molecule has 176 valence electrons. The van der Waals surface area contributed by atoms with E-state index in [1.165, 1.54) is 0 Å². The van der Waals surface area contributed by atoms with Crippen LogP contribution < -0.4 is 5.32 Å². The molecule has 2 aliphatic rings. The molecule has 1 heterocycles. The third-order valence-electron chi connectivity index (χ3n) is 8.05. The van der Waals surface area contributed by atoms with Crippen molar-refractivity contribution >= 4 is 28.1 Å². The number of anilines is 2. The van der Waals surface area contributed by atoms with Crippen molar-refractivity contribution in [3.05, 3.63) is 40.9 Å². The van der Waals surface area contributed by atoms with Gasteiger partial charge in [0, 0.05) is 35.4 Å². The molecule has 1 aromatic carbocycles. The molecule has 5 unspecified atom stereocenters. The Morgan fingerprint density at radius 3 is 2.76 bits per heavy atom. The van der Waals surface area contributed by atoms with E-state index in [4.69, 9.17) is 11.4 Å². The van der Waals surface area contributed by atoms with Gasteiger partial charge in [-0.15, -0.1) is 17.8 Å². The van der Waals surface area contributed by atoms with Crippen molar-refractivity contribution in [2.24, 2.45) is 16.7 Å². The van der Waals surface area contributed by atoms with Gasteiger partial charge in [-0.05, 0) is 42.7 Å². The molecule has 1 saturated carbocycles. The third-order valence-corrected chi connectivity index (χ3v) is 9.06. The highest BCUT2D eigenvalue weighted by Gasteiger charge is 2.59. The van der Waals surface area contributed by atoms with Crippen LogP contribution in [0.1, 0.15) is 49.6 Å². The minimum atomic E-state index is -0.631. The van der Waals surface area contributed by atoms with E-state index in [0.29, 0.717) is 12.8 Å². The summed E-state index contributed by atoms with van der Waals surface area (Å²) in [7, 11) is 1.73. The number of aliphatic hydroxyl groups is 2. The topological polar surface area (TPSA) is 85.7 Å². The predicted molar refractivity (Wildman–Crippen MR) is 131 cm³/mol. The summed E-state index contributed by atoms with van der Waals surface area (Å²) in [6.45, 7) is 4.38. The summed E-state index contributed by atoms with van der Waals surface area (Å²) in [6.07, 6.45) is 7.29. The summed E-state index contributed by atoms with van der Waals surface area (Å²) in [5.74, 6) is 2.46. The molecule has 3 N–H and O–H groups in total. The first-order valence-corrected chi connectivity index (χ1v) is 12.3. The van der Waals surface area contributed by atoms with E-state index in [0.717, 1.165) is 34.2 Å². The number of hydrogen-bond donors (Lipinski definition) is 3. The molecule has 33 heavy (non-hydrogen) atoms. The Labute approximate surface area is 200 Å². The average Bonchev–Trinajstić information content (AvgIpc) is 3.20. The lowest BCUT2D eigenvalue weighted by Crippen LogP contribution is -2.57. The minimum Gasteiger partial charge on any atom is -0.396 e. The molecule has 0 bridgehead atoms. The number of rotatable bonds is 6. The van der Waals surface area contributed by atoms with Crippen LogP contribution in [0.2, 0.25) is 0 Å². The van der Waals surface area contributed by atoms with E-state index in [2.05, 4.69) is 18.2 Å². The van der Waals surface area contributed by atoms with Crippen LogP contribution in [0.4, 0.5) is 10.8 Å². The Kier molecular flexibility index (Phi) is 6.54. The fourth-order valence-corrected chi connectivity index (χ4v) is 6.99. The Balaban J connectivity index is 1.75. The van der Waals surface area contributed by atoms with Gasteiger partial charge in [-0.3, -0.25) is 4.79 Å². The Bertz CT molecular complexity index is 1050. The number of amides is 1. The molecule has 6 nitrogen and oxygen atoms in total. The Morgan fingerprint density at radius 2 is 2.09 bits per heavy atom. The molecule has 0 radical (unpaired) electrons. The highest BCUT2D eigenvalue weighted by molar-refractivity contribution is 7.15. The molecule has 0 saturated heterocycles. The molecule has 7 heteroatoms. The maximum Gasteiger partial charge on any atom is 0.223 e. The standard InChI is InChI=1S/C26H33N3O3S/c1-5-13-29(4)22(32)14-18-23-19(33-24(28-23)27-17-9-7-6-8-10-17)15-20-25(18,2)12-11-21(31)26(20,3)16-30/h1,6-10,18,20-21,30-31H,11-16H2,2-4H3,(H,27,28). The number of benzene rings is 1. The second kappa shape index (κ2) is 9.09. The van der Waals surface area contributed by atoms with Gasteiger partial charge in [0.05, 0.1) is 24.9 Å². The van der Waals surface area contributed by atoms with Gasteiger partial charge in [0.2, 0.25) is 5.91 Å². The van der Waals surface area contributed by atoms with E-state index < -0.39 is 11.5 Å². The lowest BCUT2D eigenvalue weighted by Gasteiger charge is -2.58. The lowest BCUT2D eigenvalue weighted by atomic mass is 9.47. The maximum atomic E-state index is 13.1. The quantitative estimate of drug-likeness (QED) is 0.563. The van der Waals surface area contributed by atoms with E-state index >= 15 is 0 Å². The van der Waals surface area contributed by atoms with E-state index in [1.807, 2.05) is 37.3 Å². The molecular weight excluding hydrogens is 434 g/mol. The van der Waals surface area contributed by atoms with Gasteiger partial charge < -0.3 is 20.4 Å². The number of para-hydroxylation sites is 1. The van der Waals surface area contributed by atoms with E-state index in [1.54, 1.807) is 23.3 Å². The molecule has 5 atom stereocenters. The third kappa shape index (κ3) is 4.16. The predicted octanol–water partition coefficient (Wildman–Crippen LogP) is 3.78. The first-order chi connectivity index (χ1) is 15.7. The SMILES string of the molecule is C#CCN(C)C(=O)CC1c2nc(Nc3ccccc3)sc2CC2C(C)(CO)C(O)CCC12C.